The van der Waals surface area contributed by atoms with E-state index in [1.807, 2.05) is 0 Å². The fraction of sp³-hybridized carbons (Fsp3) is 0.556. The fourth-order valence-corrected chi connectivity index (χ4v) is 2.43. The smallest absolute Gasteiger partial charge is 0.257 e. The second kappa shape index (κ2) is 6.08. The topological polar surface area (TPSA) is 101 Å². The molecule has 0 aliphatic heterocycles. The van der Waals surface area contributed by atoms with Crippen molar-refractivity contribution in [1.29, 1.82) is 0 Å². The van der Waals surface area contributed by atoms with E-state index in [2.05, 4.69) is 14.7 Å². The summed E-state index contributed by atoms with van der Waals surface area (Å²) in [6.07, 6.45) is 3.41. The van der Waals surface area contributed by atoms with Crippen LogP contribution < -0.4 is 10.5 Å². The van der Waals surface area contributed by atoms with Gasteiger partial charge in [0.25, 0.3) is 10.0 Å². The average Bonchev–Trinajstić information content (AvgIpc) is 2.64. The highest BCUT2D eigenvalue weighted by molar-refractivity contribution is 7.89. The number of thiocarbonyl (C=S) groups is 1. The summed E-state index contributed by atoms with van der Waals surface area (Å²) in [5, 5.41) is 0.0874. The molecule has 0 unspecified atom stereocenters. The summed E-state index contributed by atoms with van der Waals surface area (Å²) in [4.78, 5) is 6.97. The molecule has 96 valence electrons. The van der Waals surface area contributed by atoms with Gasteiger partial charge in [0.15, 0.2) is 5.03 Å². The maximum absolute atomic E-state index is 11.7. The van der Waals surface area contributed by atoms with Crippen molar-refractivity contribution in [3.05, 3.63) is 12.0 Å². The largest absolute Gasteiger partial charge is 0.393 e. The molecule has 0 saturated carbocycles. The van der Waals surface area contributed by atoms with E-state index in [1.165, 1.54) is 6.20 Å². The zero-order valence-corrected chi connectivity index (χ0v) is 11.2. The number of nitrogens with two attached hydrogens (primary N) is 1. The van der Waals surface area contributed by atoms with E-state index in [0.717, 1.165) is 6.42 Å². The molecule has 1 heterocycles. The monoisotopic (exact) mass is 276 g/mol. The predicted octanol–water partition coefficient (Wildman–Crippen LogP) is 0.453. The van der Waals surface area contributed by atoms with Crippen LogP contribution in [-0.4, -0.2) is 29.9 Å². The number of aromatic nitrogens is 2. The summed E-state index contributed by atoms with van der Waals surface area (Å²) in [7, 11) is -3.47. The lowest BCUT2D eigenvalue weighted by molar-refractivity contribution is 0.574. The highest BCUT2D eigenvalue weighted by atomic mass is 32.2. The number of aromatic amines is 1. The number of nitrogens with zero attached hydrogens (tertiary/aromatic N) is 1. The molecule has 6 nitrogen and oxygen atoms in total. The highest BCUT2D eigenvalue weighted by Gasteiger charge is 2.15. The minimum atomic E-state index is -3.47. The lowest BCUT2D eigenvalue weighted by Gasteiger charge is -2.04. The Kier molecular flexibility index (Phi) is 5.03. The average molecular weight is 276 g/mol. The Morgan fingerprint density at radius 3 is 2.82 bits per heavy atom. The fourth-order valence-electron chi connectivity index (χ4n) is 1.24. The van der Waals surface area contributed by atoms with Gasteiger partial charge in [-0.05, 0) is 26.2 Å². The Morgan fingerprint density at radius 2 is 2.29 bits per heavy atom. The number of rotatable bonds is 7. The number of aryl methyl sites for hydroxylation is 1. The van der Waals surface area contributed by atoms with Gasteiger partial charge in [0.05, 0.1) is 11.2 Å². The molecule has 0 aliphatic rings. The summed E-state index contributed by atoms with van der Waals surface area (Å²) >= 11 is 4.72. The molecule has 0 fully saturated rings. The van der Waals surface area contributed by atoms with Gasteiger partial charge >= 0.3 is 0 Å². The van der Waals surface area contributed by atoms with Crippen LogP contribution in [0.4, 0.5) is 0 Å². The van der Waals surface area contributed by atoms with Crippen LogP contribution in [-0.2, 0) is 10.0 Å². The van der Waals surface area contributed by atoms with Crippen molar-refractivity contribution >= 4 is 27.2 Å². The number of sulfonamides is 1. The molecule has 0 aromatic carbocycles. The van der Waals surface area contributed by atoms with Gasteiger partial charge in [0.1, 0.15) is 5.82 Å². The molecule has 1 aromatic heterocycles. The van der Waals surface area contributed by atoms with Gasteiger partial charge in [-0.25, -0.2) is 18.1 Å². The van der Waals surface area contributed by atoms with E-state index in [9.17, 15) is 8.42 Å². The van der Waals surface area contributed by atoms with Crippen molar-refractivity contribution in [1.82, 2.24) is 14.7 Å². The quantitative estimate of drug-likeness (QED) is 0.496. The van der Waals surface area contributed by atoms with Gasteiger partial charge in [-0.1, -0.05) is 12.2 Å². The van der Waals surface area contributed by atoms with Crippen molar-refractivity contribution in [3.8, 4) is 0 Å². The number of nitrogens with one attached hydrogen (secondary N) is 2. The first-order chi connectivity index (χ1) is 7.92. The Balaban J connectivity index is 2.38. The maximum Gasteiger partial charge on any atom is 0.257 e. The second-order valence-electron chi connectivity index (χ2n) is 3.65. The van der Waals surface area contributed by atoms with Gasteiger partial charge in [-0.2, -0.15) is 0 Å². The highest BCUT2D eigenvalue weighted by Crippen LogP contribution is 2.05. The van der Waals surface area contributed by atoms with E-state index >= 15 is 0 Å². The third kappa shape index (κ3) is 4.80. The SMILES string of the molecule is Cc1ncc(S(=O)(=O)NCCCCC(N)=S)[nH]1. The third-order valence-corrected chi connectivity index (χ3v) is 3.69. The van der Waals surface area contributed by atoms with Crippen molar-refractivity contribution < 1.29 is 8.42 Å². The van der Waals surface area contributed by atoms with E-state index in [0.29, 0.717) is 30.2 Å². The number of unbranched alkanes of at least 4 members (excludes halogenated alkanes) is 1. The van der Waals surface area contributed by atoms with Crippen LogP contribution >= 0.6 is 12.2 Å². The van der Waals surface area contributed by atoms with Gasteiger partial charge in [0, 0.05) is 6.54 Å². The van der Waals surface area contributed by atoms with Crippen molar-refractivity contribution in [2.45, 2.75) is 31.2 Å². The number of H-pyrrole nitrogens is 1. The molecule has 0 amide bonds. The first kappa shape index (κ1) is 14.1. The van der Waals surface area contributed by atoms with E-state index in [4.69, 9.17) is 18.0 Å². The molecule has 8 heteroatoms. The first-order valence-corrected chi connectivity index (χ1v) is 7.10. The molecular formula is C9H16N4O2S2. The normalized spacial score (nSPS) is 11.6. The van der Waals surface area contributed by atoms with Crippen molar-refractivity contribution in [3.63, 3.8) is 0 Å². The maximum atomic E-state index is 11.7. The van der Waals surface area contributed by atoms with Crippen LogP contribution in [0.2, 0.25) is 0 Å². The summed E-state index contributed by atoms with van der Waals surface area (Å²) < 4.78 is 25.9. The van der Waals surface area contributed by atoms with Gasteiger partial charge in [-0.3, -0.25) is 0 Å². The van der Waals surface area contributed by atoms with Crippen molar-refractivity contribution in [2.75, 3.05) is 6.54 Å². The standard InChI is InChI=1S/C9H16N4O2S2/c1-7-11-6-9(13-7)17(14,15)12-5-3-2-4-8(10)16/h6,12H,2-5H2,1H3,(H2,10,16)(H,11,13). The van der Waals surface area contributed by atoms with E-state index in [1.54, 1.807) is 6.92 Å². The Hall–Kier alpha value is -0.990. The molecular weight excluding hydrogens is 260 g/mol. The van der Waals surface area contributed by atoms with Gasteiger partial charge in [0.2, 0.25) is 0 Å². The molecule has 0 bridgehead atoms. The summed E-state index contributed by atoms with van der Waals surface area (Å²) in [5.41, 5.74) is 5.33. The first-order valence-electron chi connectivity index (χ1n) is 5.21. The zero-order valence-electron chi connectivity index (χ0n) is 9.56. The van der Waals surface area contributed by atoms with Crippen LogP contribution in [0, 0.1) is 6.92 Å². The molecule has 17 heavy (non-hydrogen) atoms. The summed E-state index contributed by atoms with van der Waals surface area (Å²) in [6.45, 7) is 2.06. The van der Waals surface area contributed by atoms with Crippen LogP contribution in [0.15, 0.2) is 11.2 Å². The van der Waals surface area contributed by atoms with Crippen LogP contribution in [0.25, 0.3) is 0 Å². The van der Waals surface area contributed by atoms with Crippen LogP contribution in [0.1, 0.15) is 25.1 Å². The van der Waals surface area contributed by atoms with E-state index in [-0.39, 0.29) is 5.03 Å². The predicted molar refractivity (Wildman–Crippen MR) is 69.1 cm³/mol. The van der Waals surface area contributed by atoms with Gasteiger partial charge < -0.3 is 10.7 Å². The van der Waals surface area contributed by atoms with E-state index < -0.39 is 10.0 Å². The van der Waals surface area contributed by atoms with Crippen LogP contribution in [0.5, 0.6) is 0 Å². The number of hydrogen-bond acceptors (Lipinski definition) is 4. The molecule has 0 aliphatic carbocycles. The third-order valence-electron chi connectivity index (χ3n) is 2.11. The molecule has 0 saturated heterocycles. The molecule has 4 N–H and O–H groups in total. The minimum absolute atomic E-state index is 0.0874. The molecule has 1 aromatic rings. The lowest BCUT2D eigenvalue weighted by Crippen LogP contribution is -2.25. The molecule has 1 rings (SSSR count). The Bertz CT molecular complexity index is 481. The zero-order chi connectivity index (χ0) is 12.9. The number of hydrogen-bond donors (Lipinski definition) is 3. The van der Waals surface area contributed by atoms with Crippen LogP contribution in [0.3, 0.4) is 0 Å². The Morgan fingerprint density at radius 1 is 1.59 bits per heavy atom. The lowest BCUT2D eigenvalue weighted by atomic mass is 10.2. The van der Waals surface area contributed by atoms with Crippen molar-refractivity contribution in [2.24, 2.45) is 5.73 Å². The Labute approximate surface area is 106 Å². The molecule has 0 radical (unpaired) electrons. The number of imidazole rings is 1. The molecule has 0 spiro atoms. The summed E-state index contributed by atoms with van der Waals surface area (Å²) in [6, 6.07) is 0. The minimum Gasteiger partial charge on any atom is -0.393 e. The second-order valence-corrected chi connectivity index (χ2v) is 5.91. The summed E-state index contributed by atoms with van der Waals surface area (Å²) in [5.74, 6) is 0.568. The molecule has 0 atom stereocenters. The van der Waals surface area contributed by atoms with Gasteiger partial charge in [-0.15, -0.1) is 0 Å².